The van der Waals surface area contributed by atoms with Crippen molar-refractivity contribution in [2.75, 3.05) is 4.43 Å². The van der Waals surface area contributed by atoms with Gasteiger partial charge in [0.2, 0.25) is 0 Å². The molecule has 0 aromatic heterocycles. The van der Waals surface area contributed by atoms with E-state index in [1.807, 2.05) is 0 Å². The minimum absolute atomic E-state index is 0.214. The molecule has 1 rings (SSSR count). The summed E-state index contributed by atoms with van der Waals surface area (Å²) in [4.78, 5) is 0. The summed E-state index contributed by atoms with van der Waals surface area (Å²) in [6.07, 6.45) is 11.3. The minimum atomic E-state index is -2.48. The Kier molecular flexibility index (Phi) is 13.3. The number of ether oxygens (including phenoxy) is 2. The average molecular weight is 573 g/mol. The van der Waals surface area contributed by atoms with Crippen LogP contribution >= 0.6 is 22.6 Å². The fraction of sp³-hybridized carbons (Fsp3) is 1.00. The summed E-state index contributed by atoms with van der Waals surface area (Å²) in [7, 11) is 0. The summed E-state index contributed by atoms with van der Waals surface area (Å²) in [5.41, 5.74) is 0. The summed E-state index contributed by atoms with van der Waals surface area (Å²) in [6, 6.07) is 0. The van der Waals surface area contributed by atoms with Gasteiger partial charge in [-0.25, -0.2) is 0 Å². The SMILES string of the molecule is CCC[CH2][Sn]([CH2]CCC)([CH2]CCC)[CH]1OC(CC)C(CC)C(CI)O1. The van der Waals surface area contributed by atoms with E-state index in [4.69, 9.17) is 9.47 Å². The molecule has 0 saturated carbocycles. The first-order valence-electron chi connectivity index (χ1n) is 11.0. The third-order valence-corrected chi connectivity index (χ3v) is 22.2. The van der Waals surface area contributed by atoms with Crippen molar-refractivity contribution in [2.24, 2.45) is 5.92 Å². The molecule has 0 radical (unpaired) electrons. The Balaban J connectivity index is 3.07. The van der Waals surface area contributed by atoms with Gasteiger partial charge in [0.05, 0.1) is 0 Å². The zero-order chi connectivity index (χ0) is 18.7. The molecule has 4 unspecified atom stereocenters. The Morgan fingerprint density at radius 3 is 1.56 bits per heavy atom. The van der Waals surface area contributed by atoms with Gasteiger partial charge in [-0.15, -0.1) is 0 Å². The van der Waals surface area contributed by atoms with Crippen molar-refractivity contribution in [3.05, 3.63) is 0 Å². The van der Waals surface area contributed by atoms with E-state index >= 15 is 0 Å². The molecule has 150 valence electrons. The molecule has 0 bridgehead atoms. The van der Waals surface area contributed by atoms with Crippen molar-refractivity contribution in [1.82, 2.24) is 0 Å². The van der Waals surface area contributed by atoms with E-state index in [9.17, 15) is 0 Å². The topological polar surface area (TPSA) is 18.5 Å². The van der Waals surface area contributed by atoms with Crippen molar-refractivity contribution in [2.45, 2.75) is 116 Å². The van der Waals surface area contributed by atoms with Crippen LogP contribution in [0.1, 0.15) is 86.0 Å². The molecule has 0 aliphatic carbocycles. The second-order valence-corrected chi connectivity index (χ2v) is 22.3. The third kappa shape index (κ3) is 7.08. The zero-order valence-corrected chi connectivity index (χ0v) is 22.5. The summed E-state index contributed by atoms with van der Waals surface area (Å²) in [5.74, 6) is 0.589. The van der Waals surface area contributed by atoms with Gasteiger partial charge in [-0.2, -0.15) is 0 Å². The van der Waals surface area contributed by atoms with Crippen LogP contribution in [0.3, 0.4) is 0 Å². The average Bonchev–Trinajstić information content (AvgIpc) is 2.66. The number of rotatable bonds is 13. The van der Waals surface area contributed by atoms with Crippen LogP contribution in [-0.2, 0) is 9.47 Å². The molecular formula is C21H43IO2Sn. The molecule has 1 heterocycles. The Hall–Kier alpha value is 1.45. The molecule has 4 atom stereocenters. The normalized spacial score (nSPS) is 27.6. The first-order valence-corrected chi connectivity index (χ1v) is 20.2. The van der Waals surface area contributed by atoms with Gasteiger partial charge < -0.3 is 0 Å². The van der Waals surface area contributed by atoms with Gasteiger partial charge in [0.25, 0.3) is 0 Å². The van der Waals surface area contributed by atoms with Gasteiger partial charge in [-0.1, -0.05) is 0 Å². The van der Waals surface area contributed by atoms with Crippen LogP contribution in [0, 0.1) is 5.92 Å². The van der Waals surface area contributed by atoms with Crippen molar-refractivity contribution >= 4 is 41.0 Å². The van der Waals surface area contributed by atoms with Crippen molar-refractivity contribution in [1.29, 1.82) is 0 Å². The monoisotopic (exact) mass is 574 g/mol. The van der Waals surface area contributed by atoms with Crippen LogP contribution in [0.5, 0.6) is 0 Å². The molecule has 1 saturated heterocycles. The molecule has 0 aromatic carbocycles. The number of unbranched alkanes of at least 4 members (excludes halogenated alkanes) is 3. The predicted octanol–water partition coefficient (Wildman–Crippen LogP) is 7.36. The molecule has 2 nitrogen and oxygen atoms in total. The van der Waals surface area contributed by atoms with Gasteiger partial charge >= 0.3 is 177 Å². The molecule has 0 N–H and O–H groups in total. The number of hydrogen-bond donors (Lipinski definition) is 0. The summed E-state index contributed by atoms with van der Waals surface area (Å²) in [5, 5.41) is 0. The molecule has 1 aliphatic rings. The second-order valence-electron chi connectivity index (χ2n) is 7.99. The van der Waals surface area contributed by atoms with E-state index in [1.165, 1.54) is 58.3 Å². The van der Waals surface area contributed by atoms with E-state index in [-0.39, 0.29) is 4.31 Å². The molecule has 0 spiro atoms. The maximum atomic E-state index is 6.80. The Morgan fingerprint density at radius 2 is 1.20 bits per heavy atom. The van der Waals surface area contributed by atoms with Crippen LogP contribution in [0.25, 0.3) is 0 Å². The first kappa shape index (κ1) is 24.5. The van der Waals surface area contributed by atoms with Crippen LogP contribution < -0.4 is 0 Å². The summed E-state index contributed by atoms with van der Waals surface area (Å²) < 4.78 is 19.3. The number of hydrogen-bond acceptors (Lipinski definition) is 2. The summed E-state index contributed by atoms with van der Waals surface area (Å²) >= 11 is 0.0614. The molecular weight excluding hydrogens is 530 g/mol. The molecule has 0 aromatic rings. The second kappa shape index (κ2) is 13.6. The third-order valence-electron chi connectivity index (χ3n) is 6.16. The van der Waals surface area contributed by atoms with E-state index in [0.29, 0.717) is 18.1 Å². The van der Waals surface area contributed by atoms with Crippen LogP contribution in [0.2, 0.25) is 13.3 Å². The van der Waals surface area contributed by atoms with E-state index in [2.05, 4.69) is 57.2 Å². The standard InChI is InChI=1S/C9H16IO2.3C4H9.Sn/c1-3-7-8(4-2)11-6-12-9(7)5-10;3*1-3-4-2;/h6-9H,3-5H2,1-2H3;3*1,3-4H2,2H3;. The molecule has 25 heavy (non-hydrogen) atoms. The van der Waals surface area contributed by atoms with Crippen molar-refractivity contribution in [3.63, 3.8) is 0 Å². The van der Waals surface area contributed by atoms with E-state index in [1.54, 1.807) is 0 Å². The van der Waals surface area contributed by atoms with E-state index < -0.39 is 18.4 Å². The van der Waals surface area contributed by atoms with Crippen molar-refractivity contribution < 1.29 is 9.47 Å². The van der Waals surface area contributed by atoms with Gasteiger partial charge in [-0.3, -0.25) is 0 Å². The van der Waals surface area contributed by atoms with Gasteiger partial charge in [0, 0.05) is 0 Å². The molecule has 1 aliphatic heterocycles. The molecule has 1 fully saturated rings. The maximum absolute atomic E-state index is 6.80. The van der Waals surface area contributed by atoms with Gasteiger partial charge in [0.15, 0.2) is 0 Å². The number of halogens is 1. The van der Waals surface area contributed by atoms with Crippen LogP contribution in [-0.4, -0.2) is 39.3 Å². The van der Waals surface area contributed by atoms with Crippen LogP contribution in [0.4, 0.5) is 0 Å². The fourth-order valence-corrected chi connectivity index (χ4v) is 21.2. The Morgan fingerprint density at radius 1 is 0.720 bits per heavy atom. The quantitative estimate of drug-likeness (QED) is 0.130. The Labute approximate surface area is 175 Å². The van der Waals surface area contributed by atoms with Crippen molar-refractivity contribution in [3.8, 4) is 0 Å². The molecule has 0 amide bonds. The predicted molar refractivity (Wildman–Crippen MR) is 121 cm³/mol. The molecule has 4 heteroatoms. The Bertz CT molecular complexity index is 304. The van der Waals surface area contributed by atoms with E-state index in [0.717, 1.165) is 10.8 Å². The summed E-state index contributed by atoms with van der Waals surface area (Å²) in [6.45, 7) is 11.6. The number of alkyl halides is 1. The zero-order valence-electron chi connectivity index (χ0n) is 17.5. The van der Waals surface area contributed by atoms with Crippen LogP contribution in [0.15, 0.2) is 0 Å². The first-order chi connectivity index (χ1) is 12.1. The van der Waals surface area contributed by atoms with Gasteiger partial charge in [-0.05, 0) is 0 Å². The van der Waals surface area contributed by atoms with Gasteiger partial charge in [0.1, 0.15) is 0 Å². The fourth-order valence-electron chi connectivity index (χ4n) is 4.47.